The van der Waals surface area contributed by atoms with Crippen molar-refractivity contribution in [3.05, 3.63) is 11.7 Å². The minimum atomic E-state index is -3.35. The predicted octanol–water partition coefficient (Wildman–Crippen LogP) is 2.19. The van der Waals surface area contributed by atoms with Gasteiger partial charge in [0.15, 0.2) is 5.82 Å². The molecule has 1 amide bonds. The van der Waals surface area contributed by atoms with Crippen LogP contribution in [-0.4, -0.2) is 47.3 Å². The highest BCUT2D eigenvalue weighted by molar-refractivity contribution is 7.88. The lowest BCUT2D eigenvalue weighted by Gasteiger charge is -2.22. The zero-order valence-corrected chi connectivity index (χ0v) is 16.9. The van der Waals surface area contributed by atoms with Crippen molar-refractivity contribution in [2.75, 3.05) is 13.3 Å². The molecule has 0 bridgehead atoms. The van der Waals surface area contributed by atoms with Crippen molar-refractivity contribution >= 4 is 15.9 Å². The van der Waals surface area contributed by atoms with Gasteiger partial charge in [-0.1, -0.05) is 50.1 Å². The standard InChI is InChI=1S/C17H30N4O5S/c1-21(27(2,24)25)12-15-18-17(26-20-15)14(11-16(22)19-23)10-6-9-13-7-4-3-5-8-13/h13-14,23H,3-12H2,1-2H3,(H,19,22)/t14-/m1/s1. The van der Waals surface area contributed by atoms with Gasteiger partial charge < -0.3 is 4.52 Å². The van der Waals surface area contributed by atoms with Gasteiger partial charge in [0.25, 0.3) is 0 Å². The molecule has 2 N–H and O–H groups in total. The molecular weight excluding hydrogens is 372 g/mol. The van der Waals surface area contributed by atoms with Crippen LogP contribution in [-0.2, 0) is 21.4 Å². The minimum Gasteiger partial charge on any atom is -0.339 e. The summed E-state index contributed by atoms with van der Waals surface area (Å²) in [4.78, 5) is 15.9. The molecule has 154 valence electrons. The van der Waals surface area contributed by atoms with Gasteiger partial charge in [-0.25, -0.2) is 13.9 Å². The van der Waals surface area contributed by atoms with Gasteiger partial charge in [0, 0.05) is 19.4 Å². The van der Waals surface area contributed by atoms with Crippen LogP contribution < -0.4 is 5.48 Å². The molecular formula is C17H30N4O5S. The number of carbonyl (C=O) groups excluding carboxylic acids is 1. The predicted molar refractivity (Wildman–Crippen MR) is 98.3 cm³/mol. The normalized spacial score (nSPS) is 17.2. The first-order chi connectivity index (χ1) is 12.8. The molecule has 1 aromatic heterocycles. The number of hydrogen-bond acceptors (Lipinski definition) is 7. The average molecular weight is 403 g/mol. The topological polar surface area (TPSA) is 126 Å². The third kappa shape index (κ3) is 7.19. The van der Waals surface area contributed by atoms with Crippen LogP contribution in [0.25, 0.3) is 0 Å². The van der Waals surface area contributed by atoms with Crippen molar-refractivity contribution in [3.63, 3.8) is 0 Å². The van der Waals surface area contributed by atoms with E-state index in [-0.39, 0.29) is 24.7 Å². The summed E-state index contributed by atoms with van der Waals surface area (Å²) in [6, 6.07) is 0. The van der Waals surface area contributed by atoms with Crippen molar-refractivity contribution in [3.8, 4) is 0 Å². The van der Waals surface area contributed by atoms with Crippen molar-refractivity contribution in [2.24, 2.45) is 5.92 Å². The van der Waals surface area contributed by atoms with E-state index in [1.807, 2.05) is 0 Å². The molecule has 0 aliphatic heterocycles. The minimum absolute atomic E-state index is 0.00330. The Hall–Kier alpha value is -1.52. The van der Waals surface area contributed by atoms with Gasteiger partial charge >= 0.3 is 0 Å². The Bertz CT molecular complexity index is 700. The number of amides is 1. The van der Waals surface area contributed by atoms with Gasteiger partial charge in [-0.05, 0) is 12.3 Å². The summed E-state index contributed by atoms with van der Waals surface area (Å²) in [6.07, 6.45) is 10.3. The number of sulfonamides is 1. The van der Waals surface area contributed by atoms with Crippen LogP contribution in [0.3, 0.4) is 0 Å². The molecule has 1 aromatic rings. The van der Waals surface area contributed by atoms with Crippen LogP contribution in [0.5, 0.6) is 0 Å². The van der Waals surface area contributed by atoms with E-state index in [0.29, 0.717) is 12.3 Å². The first-order valence-corrected chi connectivity index (χ1v) is 11.3. The van der Waals surface area contributed by atoms with Crippen LogP contribution in [0.2, 0.25) is 0 Å². The fourth-order valence-corrected chi connectivity index (χ4v) is 3.87. The van der Waals surface area contributed by atoms with Crippen LogP contribution in [0.15, 0.2) is 4.52 Å². The van der Waals surface area contributed by atoms with Gasteiger partial charge in [0.05, 0.1) is 12.8 Å². The molecule has 0 spiro atoms. The number of carbonyl (C=O) groups is 1. The summed E-state index contributed by atoms with van der Waals surface area (Å²) in [7, 11) is -1.91. The second kappa shape index (κ2) is 10.1. The quantitative estimate of drug-likeness (QED) is 0.454. The molecule has 10 heteroatoms. The average Bonchev–Trinajstić information content (AvgIpc) is 3.09. The second-order valence-corrected chi connectivity index (χ2v) is 9.53. The van der Waals surface area contributed by atoms with E-state index < -0.39 is 15.9 Å². The Balaban J connectivity index is 1.97. The lowest BCUT2D eigenvalue weighted by Crippen LogP contribution is -2.25. The Morgan fingerprint density at radius 1 is 1.37 bits per heavy atom. The molecule has 9 nitrogen and oxygen atoms in total. The van der Waals surface area contributed by atoms with E-state index in [9.17, 15) is 13.2 Å². The molecule has 2 rings (SSSR count). The summed E-state index contributed by atoms with van der Waals surface area (Å²) in [5.74, 6) is 0.489. The molecule has 0 radical (unpaired) electrons. The number of rotatable bonds is 10. The highest BCUT2D eigenvalue weighted by Gasteiger charge is 2.24. The number of nitrogens with one attached hydrogen (secondary N) is 1. The van der Waals surface area contributed by atoms with Crippen molar-refractivity contribution in [1.82, 2.24) is 19.9 Å². The highest BCUT2D eigenvalue weighted by Crippen LogP contribution is 2.31. The fraction of sp³-hybridized carbons (Fsp3) is 0.824. The first-order valence-electron chi connectivity index (χ1n) is 9.46. The molecule has 0 unspecified atom stereocenters. The Morgan fingerprint density at radius 3 is 2.70 bits per heavy atom. The number of hydroxylamine groups is 1. The van der Waals surface area contributed by atoms with E-state index in [4.69, 9.17) is 9.73 Å². The Kier molecular flexibility index (Phi) is 8.18. The molecule has 27 heavy (non-hydrogen) atoms. The number of hydrogen-bond donors (Lipinski definition) is 2. The van der Waals surface area contributed by atoms with Crippen LogP contribution in [0.4, 0.5) is 0 Å². The van der Waals surface area contributed by atoms with Gasteiger partial charge in [0.2, 0.25) is 21.8 Å². The summed E-state index contributed by atoms with van der Waals surface area (Å²) in [5.41, 5.74) is 1.65. The van der Waals surface area contributed by atoms with Crippen molar-refractivity contribution < 1.29 is 22.9 Å². The zero-order valence-electron chi connectivity index (χ0n) is 16.1. The molecule has 1 saturated carbocycles. The summed E-state index contributed by atoms with van der Waals surface area (Å²) in [5, 5.41) is 12.7. The van der Waals surface area contributed by atoms with E-state index in [2.05, 4.69) is 10.1 Å². The van der Waals surface area contributed by atoms with Crippen LogP contribution >= 0.6 is 0 Å². The zero-order chi connectivity index (χ0) is 19.9. The highest BCUT2D eigenvalue weighted by atomic mass is 32.2. The molecule has 1 fully saturated rings. The summed E-state index contributed by atoms with van der Waals surface area (Å²) < 4.78 is 29.4. The summed E-state index contributed by atoms with van der Waals surface area (Å²) in [6.45, 7) is 0.00330. The third-order valence-electron chi connectivity index (χ3n) is 5.21. The van der Waals surface area contributed by atoms with E-state index in [1.165, 1.54) is 39.2 Å². The monoisotopic (exact) mass is 402 g/mol. The van der Waals surface area contributed by atoms with E-state index in [1.54, 1.807) is 5.48 Å². The second-order valence-electron chi connectivity index (χ2n) is 7.44. The molecule has 0 aromatic carbocycles. The van der Waals surface area contributed by atoms with Crippen LogP contribution in [0.1, 0.15) is 75.4 Å². The smallest absolute Gasteiger partial charge is 0.244 e. The maximum Gasteiger partial charge on any atom is 0.244 e. The van der Waals surface area contributed by atoms with Gasteiger partial charge in [0.1, 0.15) is 0 Å². The first kappa shape index (κ1) is 21.8. The maximum absolute atomic E-state index is 11.6. The molecule has 1 heterocycles. The Labute approximate surface area is 160 Å². The molecule has 1 atom stereocenters. The third-order valence-corrected chi connectivity index (χ3v) is 6.47. The Morgan fingerprint density at radius 2 is 2.07 bits per heavy atom. The van der Waals surface area contributed by atoms with E-state index >= 15 is 0 Å². The van der Waals surface area contributed by atoms with Gasteiger partial charge in [-0.3, -0.25) is 10.0 Å². The van der Waals surface area contributed by atoms with Crippen molar-refractivity contribution in [2.45, 2.75) is 70.3 Å². The molecule has 0 saturated heterocycles. The maximum atomic E-state index is 11.6. The molecule has 1 aliphatic carbocycles. The summed E-state index contributed by atoms with van der Waals surface area (Å²) >= 11 is 0. The lowest BCUT2D eigenvalue weighted by atomic mass is 9.84. The van der Waals surface area contributed by atoms with E-state index in [0.717, 1.165) is 29.3 Å². The molecule has 1 aliphatic rings. The SMILES string of the molecule is CN(Cc1noc([C@H](CCCC2CCCCC2)CC(=O)NO)n1)S(C)(=O)=O. The number of aromatic nitrogens is 2. The lowest BCUT2D eigenvalue weighted by molar-refractivity contribution is -0.129. The van der Waals surface area contributed by atoms with Crippen molar-refractivity contribution in [1.29, 1.82) is 0 Å². The van der Waals surface area contributed by atoms with Gasteiger partial charge in [-0.2, -0.15) is 9.29 Å². The van der Waals surface area contributed by atoms with Gasteiger partial charge in [-0.15, -0.1) is 0 Å². The largest absolute Gasteiger partial charge is 0.339 e. The van der Waals surface area contributed by atoms with Crippen LogP contribution in [0, 0.1) is 5.92 Å². The number of nitrogens with zero attached hydrogens (tertiary/aromatic N) is 3. The fourth-order valence-electron chi connectivity index (χ4n) is 3.52.